The van der Waals surface area contributed by atoms with Crippen molar-refractivity contribution in [3.8, 4) is 0 Å². The molecule has 0 fully saturated rings. The predicted molar refractivity (Wildman–Crippen MR) is 80.2 cm³/mol. The smallest absolute Gasteiger partial charge is 0.0544 e. The molecular weight excluding hydrogens is 342 g/mol. The largest absolute Gasteiger partial charge is 0.310 e. The molecule has 0 radical (unpaired) electrons. The zero-order chi connectivity index (χ0) is 12.3. The van der Waals surface area contributed by atoms with Gasteiger partial charge in [-0.2, -0.15) is 0 Å². The summed E-state index contributed by atoms with van der Waals surface area (Å²) in [7, 11) is 2.04. The molecule has 0 aromatic heterocycles. The Kier molecular flexibility index (Phi) is 4.83. The number of hydrogen-bond acceptors (Lipinski definition) is 1. The standard InChI is InChI=1S/C14H17Br2N/c1-17-14(10-5-3-2-4-6-10)12-8-7-11(15)9-13(12)16/h5,7-9,14,17H,2-4,6H2,1H3. The quantitative estimate of drug-likeness (QED) is 0.752. The molecule has 0 spiro atoms. The predicted octanol–water partition coefficient (Wildman–Crippen LogP) is 4.97. The van der Waals surface area contributed by atoms with Crippen molar-refractivity contribution in [1.29, 1.82) is 0 Å². The summed E-state index contributed by atoms with van der Waals surface area (Å²) in [6.07, 6.45) is 7.49. The lowest BCUT2D eigenvalue weighted by atomic mass is 9.90. The Hall–Kier alpha value is -0.120. The molecule has 1 aliphatic rings. The zero-order valence-corrected chi connectivity index (χ0v) is 13.1. The van der Waals surface area contributed by atoms with Gasteiger partial charge in [-0.15, -0.1) is 0 Å². The molecule has 1 aromatic carbocycles. The number of hydrogen-bond donors (Lipinski definition) is 1. The van der Waals surface area contributed by atoms with E-state index in [-0.39, 0.29) is 0 Å². The minimum absolute atomic E-state index is 0.345. The van der Waals surface area contributed by atoms with Gasteiger partial charge in [0.25, 0.3) is 0 Å². The molecule has 0 saturated heterocycles. The second-order valence-electron chi connectivity index (χ2n) is 4.41. The van der Waals surface area contributed by atoms with Gasteiger partial charge in [-0.05, 0) is 50.4 Å². The van der Waals surface area contributed by atoms with E-state index in [1.807, 2.05) is 7.05 Å². The van der Waals surface area contributed by atoms with E-state index in [0.717, 1.165) is 8.95 Å². The summed E-state index contributed by atoms with van der Waals surface area (Å²) in [4.78, 5) is 0. The van der Waals surface area contributed by atoms with Gasteiger partial charge in [-0.25, -0.2) is 0 Å². The topological polar surface area (TPSA) is 12.0 Å². The number of halogens is 2. The average Bonchev–Trinajstić information content (AvgIpc) is 2.34. The highest BCUT2D eigenvalue weighted by Gasteiger charge is 2.18. The monoisotopic (exact) mass is 357 g/mol. The maximum atomic E-state index is 3.66. The Labute approximate surface area is 120 Å². The summed E-state index contributed by atoms with van der Waals surface area (Å²) in [5, 5.41) is 3.43. The average molecular weight is 359 g/mol. The molecule has 0 saturated carbocycles. The number of benzene rings is 1. The Morgan fingerprint density at radius 3 is 2.65 bits per heavy atom. The van der Waals surface area contributed by atoms with Crippen LogP contribution in [0.25, 0.3) is 0 Å². The van der Waals surface area contributed by atoms with Gasteiger partial charge < -0.3 is 5.32 Å². The van der Waals surface area contributed by atoms with E-state index in [4.69, 9.17) is 0 Å². The van der Waals surface area contributed by atoms with E-state index in [0.29, 0.717) is 6.04 Å². The SMILES string of the molecule is CNC(C1=CCCCC1)c1ccc(Br)cc1Br. The number of likely N-dealkylation sites (N-methyl/N-ethyl adjacent to an activating group) is 1. The van der Waals surface area contributed by atoms with Crippen LogP contribution in [0.15, 0.2) is 38.8 Å². The first kappa shape index (κ1) is 13.3. The van der Waals surface area contributed by atoms with Crippen LogP contribution in [0.2, 0.25) is 0 Å². The van der Waals surface area contributed by atoms with E-state index in [1.165, 1.54) is 36.8 Å². The normalized spacial score (nSPS) is 17.7. The summed E-state index contributed by atoms with van der Waals surface area (Å²) in [5.41, 5.74) is 2.85. The summed E-state index contributed by atoms with van der Waals surface area (Å²) < 4.78 is 2.28. The van der Waals surface area contributed by atoms with Gasteiger partial charge in [0.1, 0.15) is 0 Å². The van der Waals surface area contributed by atoms with Crippen LogP contribution in [0, 0.1) is 0 Å². The fraction of sp³-hybridized carbons (Fsp3) is 0.429. The molecule has 92 valence electrons. The van der Waals surface area contributed by atoms with Crippen molar-refractivity contribution in [3.63, 3.8) is 0 Å². The highest BCUT2D eigenvalue weighted by molar-refractivity contribution is 9.11. The molecule has 1 unspecified atom stereocenters. The van der Waals surface area contributed by atoms with Crippen molar-refractivity contribution in [1.82, 2.24) is 5.32 Å². The number of nitrogens with one attached hydrogen (secondary N) is 1. The Morgan fingerprint density at radius 1 is 1.24 bits per heavy atom. The van der Waals surface area contributed by atoms with Crippen LogP contribution < -0.4 is 5.32 Å². The van der Waals surface area contributed by atoms with E-state index in [1.54, 1.807) is 0 Å². The number of allylic oxidation sites excluding steroid dienone is 1. The molecule has 1 aliphatic carbocycles. The molecule has 1 aromatic rings. The molecule has 0 bridgehead atoms. The van der Waals surface area contributed by atoms with E-state index in [2.05, 4.69) is 61.5 Å². The highest BCUT2D eigenvalue weighted by atomic mass is 79.9. The van der Waals surface area contributed by atoms with Crippen molar-refractivity contribution in [2.45, 2.75) is 31.7 Å². The van der Waals surface area contributed by atoms with Crippen molar-refractivity contribution >= 4 is 31.9 Å². The van der Waals surface area contributed by atoms with Crippen LogP contribution >= 0.6 is 31.9 Å². The van der Waals surface area contributed by atoms with Gasteiger partial charge in [0.15, 0.2) is 0 Å². The highest BCUT2D eigenvalue weighted by Crippen LogP contribution is 2.34. The first-order chi connectivity index (χ1) is 8.22. The lowest BCUT2D eigenvalue weighted by Gasteiger charge is -2.24. The van der Waals surface area contributed by atoms with E-state index in [9.17, 15) is 0 Å². The van der Waals surface area contributed by atoms with Gasteiger partial charge in [-0.3, -0.25) is 0 Å². The van der Waals surface area contributed by atoms with E-state index < -0.39 is 0 Å². The molecule has 1 atom stereocenters. The second kappa shape index (κ2) is 6.17. The van der Waals surface area contributed by atoms with Gasteiger partial charge in [0.05, 0.1) is 6.04 Å². The molecule has 3 heteroatoms. The summed E-state index contributed by atoms with van der Waals surface area (Å²) in [6, 6.07) is 6.75. The van der Waals surface area contributed by atoms with Crippen LogP contribution in [0.1, 0.15) is 37.3 Å². The van der Waals surface area contributed by atoms with Gasteiger partial charge in [-0.1, -0.05) is 49.6 Å². The summed E-state index contributed by atoms with van der Waals surface area (Å²) >= 11 is 7.16. The third-order valence-electron chi connectivity index (χ3n) is 3.26. The molecule has 1 nitrogen and oxygen atoms in total. The van der Waals surface area contributed by atoms with E-state index >= 15 is 0 Å². The second-order valence-corrected chi connectivity index (χ2v) is 6.18. The molecule has 0 amide bonds. The number of rotatable bonds is 3. The Bertz CT molecular complexity index is 426. The molecule has 0 aliphatic heterocycles. The first-order valence-electron chi connectivity index (χ1n) is 6.03. The molecule has 1 N–H and O–H groups in total. The van der Waals surface area contributed by atoms with Gasteiger partial charge >= 0.3 is 0 Å². The van der Waals surface area contributed by atoms with Crippen molar-refractivity contribution in [2.24, 2.45) is 0 Å². The fourth-order valence-corrected chi connectivity index (χ4v) is 3.68. The molecule has 2 rings (SSSR count). The minimum atomic E-state index is 0.345. The van der Waals surface area contributed by atoms with Crippen LogP contribution in [0.5, 0.6) is 0 Å². The molecular formula is C14H17Br2N. The zero-order valence-electron chi connectivity index (χ0n) is 9.97. The third-order valence-corrected chi connectivity index (χ3v) is 4.44. The summed E-state index contributed by atoms with van der Waals surface area (Å²) in [5.74, 6) is 0. The molecule has 0 heterocycles. The fourth-order valence-electron chi connectivity index (χ4n) is 2.40. The van der Waals surface area contributed by atoms with Crippen LogP contribution in [-0.4, -0.2) is 7.05 Å². The summed E-state index contributed by atoms with van der Waals surface area (Å²) in [6.45, 7) is 0. The van der Waals surface area contributed by atoms with Crippen LogP contribution in [0.3, 0.4) is 0 Å². The third kappa shape index (κ3) is 3.21. The molecule has 17 heavy (non-hydrogen) atoms. The lowest BCUT2D eigenvalue weighted by molar-refractivity contribution is 0.592. The maximum Gasteiger partial charge on any atom is 0.0544 e. The van der Waals surface area contributed by atoms with Crippen molar-refractivity contribution in [2.75, 3.05) is 7.05 Å². The van der Waals surface area contributed by atoms with Gasteiger partial charge in [0, 0.05) is 8.95 Å². The van der Waals surface area contributed by atoms with Crippen molar-refractivity contribution < 1.29 is 0 Å². The lowest BCUT2D eigenvalue weighted by Crippen LogP contribution is -2.20. The minimum Gasteiger partial charge on any atom is -0.310 e. The van der Waals surface area contributed by atoms with Crippen LogP contribution in [-0.2, 0) is 0 Å². The van der Waals surface area contributed by atoms with Crippen LogP contribution in [0.4, 0.5) is 0 Å². The Balaban J connectivity index is 2.31. The van der Waals surface area contributed by atoms with Crippen molar-refractivity contribution in [3.05, 3.63) is 44.4 Å². The maximum absolute atomic E-state index is 3.66. The van der Waals surface area contributed by atoms with Gasteiger partial charge in [0.2, 0.25) is 0 Å². The Morgan fingerprint density at radius 2 is 2.06 bits per heavy atom. The first-order valence-corrected chi connectivity index (χ1v) is 7.62.